The van der Waals surface area contributed by atoms with Crippen molar-refractivity contribution in [2.45, 2.75) is 20.3 Å². The Morgan fingerprint density at radius 3 is 2.14 bits per heavy atom. The minimum Gasteiger partial charge on any atom is -0.361 e. The van der Waals surface area contributed by atoms with Crippen LogP contribution in [0.5, 0.6) is 0 Å². The van der Waals surface area contributed by atoms with Crippen LogP contribution in [0.2, 0.25) is 10.0 Å². The van der Waals surface area contributed by atoms with E-state index in [0.717, 1.165) is 0 Å². The highest BCUT2D eigenvalue weighted by Gasteiger charge is 2.22. The Bertz CT molecular complexity index is 591. The summed E-state index contributed by atoms with van der Waals surface area (Å²) in [4.78, 5) is 36.5. The van der Waals surface area contributed by atoms with Crippen LogP contribution in [0.1, 0.15) is 30.6 Å². The number of nitrogens with zero attached hydrogens (tertiary/aromatic N) is 1. The van der Waals surface area contributed by atoms with Gasteiger partial charge in [-0.05, 0) is 31.5 Å². The number of Topliss-reactive ketones (excluding diaryl/α,β-unsaturated/α-hetero) is 1. The predicted molar refractivity (Wildman–Crippen MR) is 87.5 cm³/mol. The average molecular weight is 342 g/mol. The maximum Gasteiger partial charge on any atom is 0.209 e. The van der Waals surface area contributed by atoms with Gasteiger partial charge in [0.25, 0.3) is 0 Å². The van der Waals surface area contributed by atoms with Crippen LogP contribution in [-0.4, -0.2) is 36.3 Å². The quantitative estimate of drug-likeness (QED) is 0.412. The van der Waals surface area contributed by atoms with E-state index >= 15 is 0 Å². The molecule has 0 aliphatic heterocycles. The molecule has 22 heavy (non-hydrogen) atoms. The van der Waals surface area contributed by atoms with Gasteiger partial charge in [0.1, 0.15) is 12.6 Å². The molecule has 0 aliphatic rings. The van der Waals surface area contributed by atoms with Crippen molar-refractivity contribution in [3.63, 3.8) is 0 Å². The van der Waals surface area contributed by atoms with Crippen LogP contribution < -0.4 is 0 Å². The number of halogens is 2. The molecule has 6 heteroatoms. The highest BCUT2D eigenvalue weighted by Crippen LogP contribution is 2.24. The summed E-state index contributed by atoms with van der Waals surface area (Å²) in [5, 5.41) is 0.663. The molecule has 0 spiro atoms. The van der Waals surface area contributed by atoms with Gasteiger partial charge >= 0.3 is 0 Å². The molecule has 0 N–H and O–H groups in total. The van der Waals surface area contributed by atoms with Gasteiger partial charge in [-0.15, -0.1) is 0 Å². The van der Waals surface area contributed by atoms with E-state index in [2.05, 4.69) is 0 Å². The van der Waals surface area contributed by atoms with Crippen LogP contribution in [0.25, 0.3) is 0 Å². The van der Waals surface area contributed by atoms with Crippen molar-refractivity contribution in [1.82, 2.24) is 4.90 Å². The molecule has 0 bridgehead atoms. The summed E-state index contributed by atoms with van der Waals surface area (Å²) in [6.45, 7) is 4.03. The summed E-state index contributed by atoms with van der Waals surface area (Å²) in [6, 6.07) is 4.50. The standard InChI is InChI=1S/C16H17Cl2NO3/c1-3-11(10-21)15(19(4-2)5-6-20)16(22)12-7-13(17)9-14(18)8-12/h6-10H,3-5H2,1-2H3/b15-11-. The molecule has 0 aromatic heterocycles. The average Bonchev–Trinajstić information content (AvgIpc) is 2.49. The summed E-state index contributed by atoms with van der Waals surface area (Å²) in [7, 11) is 0. The number of benzene rings is 1. The number of ketones is 1. The summed E-state index contributed by atoms with van der Waals surface area (Å²) < 4.78 is 0. The molecular formula is C16H17Cl2NO3. The van der Waals surface area contributed by atoms with E-state index in [4.69, 9.17) is 23.2 Å². The molecule has 0 aliphatic carbocycles. The van der Waals surface area contributed by atoms with Gasteiger partial charge in [-0.3, -0.25) is 9.59 Å². The fourth-order valence-corrected chi connectivity index (χ4v) is 2.62. The molecule has 0 heterocycles. The third kappa shape index (κ3) is 4.42. The van der Waals surface area contributed by atoms with Gasteiger partial charge < -0.3 is 9.69 Å². The van der Waals surface area contributed by atoms with Crippen molar-refractivity contribution in [2.24, 2.45) is 0 Å². The van der Waals surface area contributed by atoms with Crippen molar-refractivity contribution in [1.29, 1.82) is 0 Å². The normalized spacial score (nSPS) is 11.6. The molecule has 1 aromatic carbocycles. The van der Waals surface area contributed by atoms with Crippen LogP contribution in [0, 0.1) is 0 Å². The Morgan fingerprint density at radius 1 is 1.14 bits per heavy atom. The largest absolute Gasteiger partial charge is 0.361 e. The van der Waals surface area contributed by atoms with Crippen LogP contribution >= 0.6 is 23.2 Å². The monoisotopic (exact) mass is 341 g/mol. The Kier molecular flexibility index (Phi) is 7.28. The Labute approximate surface area is 139 Å². The third-order valence-electron chi connectivity index (χ3n) is 3.16. The minimum absolute atomic E-state index is 0.0310. The summed E-state index contributed by atoms with van der Waals surface area (Å²) in [5.74, 6) is -0.378. The van der Waals surface area contributed by atoms with E-state index in [9.17, 15) is 14.4 Å². The summed E-state index contributed by atoms with van der Waals surface area (Å²) >= 11 is 11.9. The van der Waals surface area contributed by atoms with E-state index in [-0.39, 0.29) is 23.6 Å². The van der Waals surface area contributed by atoms with E-state index < -0.39 is 0 Å². The van der Waals surface area contributed by atoms with Crippen LogP contribution in [0.15, 0.2) is 29.5 Å². The molecule has 1 rings (SSSR count). The zero-order valence-electron chi connectivity index (χ0n) is 12.4. The molecule has 1 aromatic rings. The van der Waals surface area contributed by atoms with Gasteiger partial charge in [0.2, 0.25) is 5.78 Å². The molecular weight excluding hydrogens is 325 g/mol. The first-order chi connectivity index (χ1) is 10.5. The number of aldehydes is 2. The van der Waals surface area contributed by atoms with Crippen LogP contribution in [0.3, 0.4) is 0 Å². The fraction of sp³-hybridized carbons (Fsp3) is 0.312. The van der Waals surface area contributed by atoms with E-state index in [1.807, 2.05) is 0 Å². The second-order valence-corrected chi connectivity index (χ2v) is 5.41. The molecule has 0 radical (unpaired) electrons. The lowest BCUT2D eigenvalue weighted by atomic mass is 10.0. The van der Waals surface area contributed by atoms with Crippen molar-refractivity contribution in [2.75, 3.05) is 13.1 Å². The van der Waals surface area contributed by atoms with Gasteiger partial charge in [-0.25, -0.2) is 0 Å². The zero-order valence-corrected chi connectivity index (χ0v) is 13.9. The van der Waals surface area contributed by atoms with Gasteiger partial charge in [0.05, 0.1) is 12.2 Å². The molecule has 4 nitrogen and oxygen atoms in total. The van der Waals surface area contributed by atoms with Crippen molar-refractivity contribution in [3.05, 3.63) is 45.1 Å². The Hall–Kier alpha value is -1.65. The molecule has 0 saturated carbocycles. The minimum atomic E-state index is -0.378. The number of carbonyl (C=O) groups is 3. The summed E-state index contributed by atoms with van der Waals surface area (Å²) in [6.07, 6.45) is 1.72. The maximum absolute atomic E-state index is 12.8. The molecule has 0 amide bonds. The molecule has 0 fully saturated rings. The highest BCUT2D eigenvalue weighted by molar-refractivity contribution is 6.35. The second kappa shape index (κ2) is 8.71. The number of rotatable bonds is 8. The zero-order chi connectivity index (χ0) is 16.7. The van der Waals surface area contributed by atoms with Gasteiger partial charge in [-0.2, -0.15) is 0 Å². The number of hydrogen-bond donors (Lipinski definition) is 0. The number of likely N-dealkylation sites (N-methyl/N-ethyl adjacent to an activating group) is 1. The molecule has 0 unspecified atom stereocenters. The lowest BCUT2D eigenvalue weighted by Gasteiger charge is -2.24. The summed E-state index contributed by atoms with van der Waals surface area (Å²) in [5.41, 5.74) is 0.833. The van der Waals surface area contributed by atoms with E-state index in [1.54, 1.807) is 18.7 Å². The van der Waals surface area contributed by atoms with Crippen LogP contribution in [-0.2, 0) is 9.59 Å². The van der Waals surface area contributed by atoms with Crippen molar-refractivity contribution >= 4 is 41.6 Å². The lowest BCUT2D eigenvalue weighted by molar-refractivity contribution is -0.108. The van der Waals surface area contributed by atoms with Crippen molar-refractivity contribution < 1.29 is 14.4 Å². The smallest absolute Gasteiger partial charge is 0.209 e. The van der Waals surface area contributed by atoms with E-state index in [1.165, 1.54) is 18.2 Å². The molecule has 0 saturated heterocycles. The highest BCUT2D eigenvalue weighted by atomic mass is 35.5. The van der Waals surface area contributed by atoms with Gasteiger partial charge in [0, 0.05) is 27.7 Å². The first-order valence-electron chi connectivity index (χ1n) is 6.86. The maximum atomic E-state index is 12.8. The van der Waals surface area contributed by atoms with Gasteiger partial charge in [-0.1, -0.05) is 30.1 Å². The third-order valence-corrected chi connectivity index (χ3v) is 3.60. The number of carbonyl (C=O) groups excluding carboxylic acids is 3. The number of allylic oxidation sites excluding steroid dienone is 2. The lowest BCUT2D eigenvalue weighted by Crippen LogP contribution is -2.31. The second-order valence-electron chi connectivity index (χ2n) is 4.54. The first-order valence-corrected chi connectivity index (χ1v) is 7.61. The van der Waals surface area contributed by atoms with Gasteiger partial charge in [0.15, 0.2) is 0 Å². The van der Waals surface area contributed by atoms with Crippen LogP contribution in [0.4, 0.5) is 0 Å². The molecule has 118 valence electrons. The Balaban J connectivity index is 3.43. The SMILES string of the molecule is CC/C(C=O)=C(\C(=O)c1cc(Cl)cc(Cl)c1)N(CC)CC=O. The molecule has 0 atom stereocenters. The van der Waals surface area contributed by atoms with E-state index in [0.29, 0.717) is 41.2 Å². The van der Waals surface area contributed by atoms with Crippen molar-refractivity contribution in [3.8, 4) is 0 Å². The Morgan fingerprint density at radius 2 is 1.73 bits per heavy atom. The fourth-order valence-electron chi connectivity index (χ4n) is 2.09. The topological polar surface area (TPSA) is 54.5 Å². The first kappa shape index (κ1) is 18.4. The predicted octanol–water partition coefficient (Wildman–Crippen LogP) is 3.56. The number of hydrogen-bond acceptors (Lipinski definition) is 4.